The number of rotatable bonds is 4. The van der Waals surface area contributed by atoms with Crippen LogP contribution < -0.4 is 5.32 Å². The first-order chi connectivity index (χ1) is 6.26. The van der Waals surface area contributed by atoms with Gasteiger partial charge < -0.3 is 5.32 Å². The Balaban J connectivity index is 2.24. The molecule has 2 nitrogen and oxygen atoms in total. The predicted octanol–water partition coefficient (Wildman–Crippen LogP) is 1.68. The smallest absolute Gasteiger partial charge is 0.0249 e. The molecule has 1 heterocycles. The molecule has 0 aromatic rings. The summed E-state index contributed by atoms with van der Waals surface area (Å²) in [5, 5.41) is 3.64. The Morgan fingerprint density at radius 3 is 2.31 bits per heavy atom. The van der Waals surface area contributed by atoms with Gasteiger partial charge in [0.25, 0.3) is 0 Å². The first-order valence-electron chi connectivity index (χ1n) is 5.37. The van der Waals surface area contributed by atoms with E-state index in [-0.39, 0.29) is 0 Å². The Morgan fingerprint density at radius 2 is 1.85 bits per heavy atom. The molecule has 0 aliphatic carbocycles. The van der Waals surface area contributed by atoms with Crippen molar-refractivity contribution in [3.8, 4) is 0 Å². The van der Waals surface area contributed by atoms with Gasteiger partial charge in [0.15, 0.2) is 0 Å². The molecule has 1 aliphatic rings. The highest BCUT2D eigenvalue weighted by Gasteiger charge is 2.19. The zero-order valence-electron chi connectivity index (χ0n) is 8.71. The van der Waals surface area contributed by atoms with Gasteiger partial charge >= 0.3 is 0 Å². The molecule has 0 saturated carbocycles. The minimum Gasteiger partial charge on any atom is -0.311 e. The fourth-order valence-corrected chi connectivity index (χ4v) is 3.12. The van der Waals surface area contributed by atoms with Crippen LogP contribution in [0.15, 0.2) is 0 Å². The molecule has 0 aromatic carbocycles. The summed E-state index contributed by atoms with van der Waals surface area (Å²) in [6.45, 7) is 4.45. The van der Waals surface area contributed by atoms with Crippen LogP contribution in [-0.2, 0) is 10.8 Å². The summed E-state index contributed by atoms with van der Waals surface area (Å²) >= 11 is 0. The summed E-state index contributed by atoms with van der Waals surface area (Å²) in [5.41, 5.74) is 0. The Bertz CT molecular complexity index is 158. The third-order valence-corrected chi connectivity index (χ3v) is 4.23. The van der Waals surface area contributed by atoms with E-state index in [0.29, 0.717) is 12.1 Å². The van der Waals surface area contributed by atoms with Crippen LogP contribution in [0.5, 0.6) is 0 Å². The maximum atomic E-state index is 11.1. The van der Waals surface area contributed by atoms with Gasteiger partial charge in [-0.25, -0.2) is 0 Å². The monoisotopic (exact) mass is 203 g/mol. The van der Waals surface area contributed by atoms with Gasteiger partial charge in [-0.3, -0.25) is 4.21 Å². The maximum Gasteiger partial charge on any atom is 0.0249 e. The molecule has 0 radical (unpaired) electrons. The SMILES string of the molecule is CCC(CC)NC1CCS(=O)CC1. The van der Waals surface area contributed by atoms with Gasteiger partial charge in [-0.05, 0) is 25.7 Å². The number of hydrogen-bond donors (Lipinski definition) is 1. The molecule has 1 fully saturated rings. The van der Waals surface area contributed by atoms with Crippen molar-refractivity contribution in [2.45, 2.75) is 51.6 Å². The minimum absolute atomic E-state index is 0.520. The van der Waals surface area contributed by atoms with Gasteiger partial charge in [0, 0.05) is 34.4 Å². The molecule has 1 N–H and O–H groups in total. The lowest BCUT2D eigenvalue weighted by Crippen LogP contribution is -2.41. The molecule has 0 spiro atoms. The van der Waals surface area contributed by atoms with Crippen molar-refractivity contribution < 1.29 is 4.21 Å². The summed E-state index contributed by atoms with van der Waals surface area (Å²) in [7, 11) is -0.520. The summed E-state index contributed by atoms with van der Waals surface area (Å²) in [6, 6.07) is 1.29. The summed E-state index contributed by atoms with van der Waals surface area (Å²) < 4.78 is 11.1. The van der Waals surface area contributed by atoms with E-state index in [0.717, 1.165) is 24.3 Å². The first-order valence-corrected chi connectivity index (χ1v) is 6.86. The van der Waals surface area contributed by atoms with E-state index >= 15 is 0 Å². The number of nitrogens with one attached hydrogen (secondary N) is 1. The average Bonchev–Trinajstić information content (AvgIpc) is 2.17. The van der Waals surface area contributed by atoms with Gasteiger partial charge in [0.1, 0.15) is 0 Å². The molecule has 1 rings (SSSR count). The standard InChI is InChI=1S/C10H21NOS/c1-3-9(4-2)11-10-5-7-13(12)8-6-10/h9-11H,3-8H2,1-2H3. The van der Waals surface area contributed by atoms with Gasteiger partial charge in [0.05, 0.1) is 0 Å². The van der Waals surface area contributed by atoms with Crippen molar-refractivity contribution in [3.63, 3.8) is 0 Å². The second-order valence-corrected chi connectivity index (χ2v) is 5.50. The molecule has 0 aromatic heterocycles. The van der Waals surface area contributed by atoms with E-state index in [9.17, 15) is 4.21 Å². The van der Waals surface area contributed by atoms with Gasteiger partial charge in [0.2, 0.25) is 0 Å². The second-order valence-electron chi connectivity index (χ2n) is 3.80. The zero-order valence-corrected chi connectivity index (χ0v) is 9.53. The van der Waals surface area contributed by atoms with Crippen molar-refractivity contribution in [2.75, 3.05) is 11.5 Å². The molecular weight excluding hydrogens is 182 g/mol. The van der Waals surface area contributed by atoms with Crippen LogP contribution in [0.4, 0.5) is 0 Å². The van der Waals surface area contributed by atoms with E-state index in [1.54, 1.807) is 0 Å². The van der Waals surface area contributed by atoms with Crippen LogP contribution in [0.2, 0.25) is 0 Å². The van der Waals surface area contributed by atoms with Crippen molar-refractivity contribution >= 4 is 10.8 Å². The lowest BCUT2D eigenvalue weighted by atomic mass is 10.1. The fraction of sp³-hybridized carbons (Fsp3) is 1.00. The quantitative estimate of drug-likeness (QED) is 0.753. The first kappa shape index (κ1) is 11.2. The molecule has 1 saturated heterocycles. The van der Waals surface area contributed by atoms with Crippen molar-refractivity contribution in [1.82, 2.24) is 5.32 Å². The van der Waals surface area contributed by atoms with Crippen molar-refractivity contribution in [3.05, 3.63) is 0 Å². The van der Waals surface area contributed by atoms with Crippen molar-refractivity contribution in [2.24, 2.45) is 0 Å². The zero-order chi connectivity index (χ0) is 9.68. The summed E-state index contributed by atoms with van der Waals surface area (Å²) in [4.78, 5) is 0. The molecule has 78 valence electrons. The predicted molar refractivity (Wildman–Crippen MR) is 58.4 cm³/mol. The molecule has 1 aliphatic heterocycles. The molecule has 13 heavy (non-hydrogen) atoms. The lowest BCUT2D eigenvalue weighted by Gasteiger charge is -2.27. The molecule has 0 amide bonds. The molecular formula is C10H21NOS. The third kappa shape index (κ3) is 3.77. The lowest BCUT2D eigenvalue weighted by molar-refractivity contribution is 0.387. The maximum absolute atomic E-state index is 11.1. The van der Waals surface area contributed by atoms with Crippen LogP contribution in [0.25, 0.3) is 0 Å². The highest BCUT2D eigenvalue weighted by Crippen LogP contribution is 2.11. The molecule has 0 bridgehead atoms. The molecule has 3 heteroatoms. The van der Waals surface area contributed by atoms with Crippen molar-refractivity contribution in [1.29, 1.82) is 0 Å². The van der Waals surface area contributed by atoms with E-state index in [4.69, 9.17) is 0 Å². The second kappa shape index (κ2) is 5.76. The van der Waals surface area contributed by atoms with Gasteiger partial charge in [-0.1, -0.05) is 13.8 Å². The highest BCUT2D eigenvalue weighted by molar-refractivity contribution is 7.85. The highest BCUT2D eigenvalue weighted by atomic mass is 32.2. The molecule has 0 unspecified atom stereocenters. The van der Waals surface area contributed by atoms with Crippen LogP contribution in [-0.4, -0.2) is 27.8 Å². The summed E-state index contributed by atoms with van der Waals surface area (Å²) in [6.07, 6.45) is 4.61. The Labute approximate surface area is 83.9 Å². The van der Waals surface area contributed by atoms with Crippen LogP contribution in [0, 0.1) is 0 Å². The minimum atomic E-state index is -0.520. The summed E-state index contributed by atoms with van der Waals surface area (Å²) in [5.74, 6) is 1.80. The fourth-order valence-electron chi connectivity index (χ4n) is 1.82. The van der Waals surface area contributed by atoms with Crippen LogP contribution in [0.3, 0.4) is 0 Å². The Morgan fingerprint density at radius 1 is 1.31 bits per heavy atom. The third-order valence-electron chi connectivity index (χ3n) is 2.84. The average molecular weight is 203 g/mol. The Kier molecular flexibility index (Phi) is 4.96. The van der Waals surface area contributed by atoms with E-state index < -0.39 is 10.8 Å². The van der Waals surface area contributed by atoms with E-state index in [1.165, 1.54) is 12.8 Å². The van der Waals surface area contributed by atoms with E-state index in [1.807, 2.05) is 0 Å². The van der Waals surface area contributed by atoms with E-state index in [2.05, 4.69) is 19.2 Å². The van der Waals surface area contributed by atoms with Crippen LogP contribution in [0.1, 0.15) is 39.5 Å². The molecule has 0 atom stereocenters. The Hall–Kier alpha value is 0.110. The van der Waals surface area contributed by atoms with Crippen LogP contribution >= 0.6 is 0 Å². The normalized spacial score (nSPS) is 29.5. The largest absolute Gasteiger partial charge is 0.311 e. The topological polar surface area (TPSA) is 29.1 Å². The van der Waals surface area contributed by atoms with Gasteiger partial charge in [-0.2, -0.15) is 0 Å². The number of hydrogen-bond acceptors (Lipinski definition) is 2. The van der Waals surface area contributed by atoms with Gasteiger partial charge in [-0.15, -0.1) is 0 Å².